The molecule has 0 radical (unpaired) electrons. The number of hydrogen-bond acceptors (Lipinski definition) is 5. The summed E-state index contributed by atoms with van der Waals surface area (Å²) in [5.41, 5.74) is 0.475. The third-order valence-electron chi connectivity index (χ3n) is 3.58. The molecule has 0 aliphatic carbocycles. The van der Waals surface area contributed by atoms with Crippen molar-refractivity contribution in [1.82, 2.24) is 15.6 Å². The average Bonchev–Trinajstić information content (AvgIpc) is 3.10. The quantitative estimate of drug-likeness (QED) is 0.421. The molecule has 26 heavy (non-hydrogen) atoms. The summed E-state index contributed by atoms with van der Waals surface area (Å²) < 4.78 is 0. The SMILES string of the molecule is CCCCNC(=O)NCCCNc1ncc(C(=O)c2ccccc2Cl)s1. The van der Waals surface area contributed by atoms with Gasteiger partial charge < -0.3 is 16.0 Å². The first-order chi connectivity index (χ1) is 12.6. The first-order valence-corrected chi connectivity index (χ1v) is 9.82. The van der Waals surface area contributed by atoms with Gasteiger partial charge in [-0.1, -0.05) is 48.4 Å². The first-order valence-electron chi connectivity index (χ1n) is 8.62. The minimum Gasteiger partial charge on any atom is -0.361 e. The molecule has 0 unspecified atom stereocenters. The monoisotopic (exact) mass is 394 g/mol. The molecule has 0 atom stereocenters. The van der Waals surface area contributed by atoms with Crippen LogP contribution in [-0.4, -0.2) is 36.4 Å². The van der Waals surface area contributed by atoms with E-state index in [2.05, 4.69) is 27.9 Å². The van der Waals surface area contributed by atoms with Crippen LogP contribution in [0.3, 0.4) is 0 Å². The third-order valence-corrected chi connectivity index (χ3v) is 4.86. The number of carbonyl (C=O) groups is 2. The molecule has 0 saturated carbocycles. The number of nitrogens with one attached hydrogen (secondary N) is 3. The molecule has 2 rings (SSSR count). The lowest BCUT2D eigenvalue weighted by atomic mass is 10.1. The van der Waals surface area contributed by atoms with E-state index in [-0.39, 0.29) is 11.8 Å². The van der Waals surface area contributed by atoms with Gasteiger partial charge in [-0.3, -0.25) is 4.79 Å². The summed E-state index contributed by atoms with van der Waals surface area (Å²) in [6.07, 6.45) is 4.35. The highest BCUT2D eigenvalue weighted by atomic mass is 35.5. The number of rotatable bonds is 10. The van der Waals surface area contributed by atoms with Gasteiger partial charge in [0.1, 0.15) is 0 Å². The number of unbranched alkanes of at least 4 members (excludes halogenated alkanes) is 1. The summed E-state index contributed by atoms with van der Waals surface area (Å²) in [4.78, 5) is 28.7. The van der Waals surface area contributed by atoms with Gasteiger partial charge in [-0.05, 0) is 25.0 Å². The number of amides is 2. The Morgan fingerprint density at radius 1 is 1.12 bits per heavy atom. The van der Waals surface area contributed by atoms with Crippen molar-refractivity contribution in [3.8, 4) is 0 Å². The lowest BCUT2D eigenvalue weighted by molar-refractivity contribution is 0.104. The Bertz CT molecular complexity index is 735. The van der Waals surface area contributed by atoms with Crippen molar-refractivity contribution in [3.63, 3.8) is 0 Å². The second-order valence-corrected chi connectivity index (χ2v) is 7.09. The number of halogens is 1. The van der Waals surface area contributed by atoms with Crippen molar-refractivity contribution in [2.45, 2.75) is 26.2 Å². The Kier molecular flexibility index (Phi) is 8.37. The molecule has 6 nitrogen and oxygen atoms in total. The van der Waals surface area contributed by atoms with Gasteiger partial charge in [-0.25, -0.2) is 9.78 Å². The number of thiazole rings is 1. The van der Waals surface area contributed by atoms with Gasteiger partial charge in [0, 0.05) is 25.2 Å². The summed E-state index contributed by atoms with van der Waals surface area (Å²) >= 11 is 7.36. The largest absolute Gasteiger partial charge is 0.361 e. The highest BCUT2D eigenvalue weighted by Crippen LogP contribution is 2.24. The molecular formula is C18H23ClN4O2S. The van der Waals surface area contributed by atoms with Crippen molar-refractivity contribution < 1.29 is 9.59 Å². The van der Waals surface area contributed by atoms with E-state index in [1.165, 1.54) is 11.3 Å². The number of anilines is 1. The highest BCUT2D eigenvalue weighted by molar-refractivity contribution is 7.17. The maximum Gasteiger partial charge on any atom is 0.314 e. The van der Waals surface area contributed by atoms with Gasteiger partial charge in [0.15, 0.2) is 5.13 Å². The summed E-state index contributed by atoms with van der Waals surface area (Å²) in [7, 11) is 0. The van der Waals surface area contributed by atoms with Gasteiger partial charge in [0.25, 0.3) is 0 Å². The maximum atomic E-state index is 12.4. The number of ketones is 1. The summed E-state index contributed by atoms with van der Waals surface area (Å²) in [6.45, 7) is 4.00. The first kappa shape index (κ1) is 20.2. The van der Waals surface area contributed by atoms with E-state index in [0.717, 1.165) is 19.3 Å². The Hall–Kier alpha value is -2.12. The lowest BCUT2D eigenvalue weighted by Gasteiger charge is -2.07. The zero-order valence-electron chi connectivity index (χ0n) is 14.7. The molecule has 0 aliphatic rings. The summed E-state index contributed by atoms with van der Waals surface area (Å²) in [5.74, 6) is -0.133. The number of aromatic nitrogens is 1. The number of hydrogen-bond donors (Lipinski definition) is 3. The third kappa shape index (κ3) is 6.31. The standard InChI is InChI=1S/C18H23ClN4O2S/c1-2-3-9-20-17(25)21-10-6-11-22-18-23-12-15(26-18)16(24)13-7-4-5-8-14(13)19/h4-5,7-8,12H,2-3,6,9-11H2,1H3,(H,22,23)(H2,20,21,25). The molecule has 0 fully saturated rings. The predicted octanol–water partition coefficient (Wildman–Crippen LogP) is 3.93. The van der Waals surface area contributed by atoms with Crippen LogP contribution >= 0.6 is 22.9 Å². The molecule has 8 heteroatoms. The summed E-state index contributed by atoms with van der Waals surface area (Å²) in [5, 5.41) is 9.87. The van der Waals surface area contributed by atoms with Crippen molar-refractivity contribution in [3.05, 3.63) is 45.9 Å². The average molecular weight is 395 g/mol. The predicted molar refractivity (Wildman–Crippen MR) is 106 cm³/mol. The molecule has 1 heterocycles. The van der Waals surface area contributed by atoms with Crippen molar-refractivity contribution in [2.75, 3.05) is 25.0 Å². The van der Waals surface area contributed by atoms with Gasteiger partial charge in [-0.15, -0.1) is 0 Å². The van der Waals surface area contributed by atoms with E-state index in [1.807, 2.05) is 0 Å². The van der Waals surface area contributed by atoms with Crippen LogP contribution in [0.5, 0.6) is 0 Å². The minimum absolute atomic E-state index is 0.133. The fourth-order valence-corrected chi connectivity index (χ4v) is 3.18. The molecule has 140 valence electrons. The fourth-order valence-electron chi connectivity index (χ4n) is 2.17. The van der Waals surface area contributed by atoms with Gasteiger partial charge in [-0.2, -0.15) is 0 Å². The molecular weight excluding hydrogens is 372 g/mol. The molecule has 0 saturated heterocycles. The Labute approximate surface area is 162 Å². The normalized spacial score (nSPS) is 10.4. The molecule has 0 spiro atoms. The number of benzene rings is 1. The molecule has 2 aromatic rings. The number of nitrogens with zero attached hydrogens (tertiary/aromatic N) is 1. The van der Waals surface area contributed by atoms with Crippen LogP contribution in [0.15, 0.2) is 30.5 Å². The topological polar surface area (TPSA) is 83.1 Å². The van der Waals surface area contributed by atoms with Crippen LogP contribution in [0.4, 0.5) is 9.93 Å². The van der Waals surface area contributed by atoms with E-state index in [0.29, 0.717) is 40.2 Å². The van der Waals surface area contributed by atoms with Crippen LogP contribution in [0.25, 0.3) is 0 Å². The van der Waals surface area contributed by atoms with E-state index in [1.54, 1.807) is 30.5 Å². The zero-order chi connectivity index (χ0) is 18.8. The second-order valence-electron chi connectivity index (χ2n) is 5.66. The van der Waals surface area contributed by atoms with Gasteiger partial charge in [0.05, 0.1) is 16.1 Å². The summed E-state index contributed by atoms with van der Waals surface area (Å²) in [6, 6.07) is 6.83. The molecule has 3 N–H and O–H groups in total. The smallest absolute Gasteiger partial charge is 0.314 e. The number of carbonyl (C=O) groups excluding carboxylic acids is 2. The van der Waals surface area contributed by atoms with Crippen LogP contribution in [0.1, 0.15) is 41.4 Å². The van der Waals surface area contributed by atoms with Crippen molar-refractivity contribution in [2.24, 2.45) is 0 Å². The molecule has 2 amide bonds. The van der Waals surface area contributed by atoms with Crippen LogP contribution in [0, 0.1) is 0 Å². The van der Waals surface area contributed by atoms with E-state index in [4.69, 9.17) is 11.6 Å². The molecule has 0 bridgehead atoms. The molecule has 0 aliphatic heterocycles. The van der Waals surface area contributed by atoms with E-state index < -0.39 is 0 Å². The highest BCUT2D eigenvalue weighted by Gasteiger charge is 2.15. The maximum absolute atomic E-state index is 12.4. The van der Waals surface area contributed by atoms with Crippen LogP contribution < -0.4 is 16.0 Å². The lowest BCUT2D eigenvalue weighted by Crippen LogP contribution is -2.36. The van der Waals surface area contributed by atoms with Gasteiger partial charge in [0.2, 0.25) is 5.78 Å². The Morgan fingerprint density at radius 2 is 1.85 bits per heavy atom. The number of urea groups is 1. The zero-order valence-corrected chi connectivity index (χ0v) is 16.3. The van der Waals surface area contributed by atoms with Crippen molar-refractivity contribution in [1.29, 1.82) is 0 Å². The van der Waals surface area contributed by atoms with Gasteiger partial charge >= 0.3 is 6.03 Å². The molecule has 1 aromatic heterocycles. The Balaban J connectivity index is 1.71. The van der Waals surface area contributed by atoms with E-state index >= 15 is 0 Å². The fraction of sp³-hybridized carbons (Fsp3) is 0.389. The van der Waals surface area contributed by atoms with Crippen LogP contribution in [0.2, 0.25) is 5.02 Å². The Morgan fingerprint density at radius 3 is 2.58 bits per heavy atom. The van der Waals surface area contributed by atoms with E-state index in [9.17, 15) is 9.59 Å². The minimum atomic E-state index is -0.139. The van der Waals surface area contributed by atoms with Crippen molar-refractivity contribution >= 4 is 39.9 Å². The van der Waals surface area contributed by atoms with Crippen LogP contribution in [-0.2, 0) is 0 Å². The molecule has 1 aromatic carbocycles. The second kappa shape index (κ2) is 10.8.